The number of anilines is 1. The van der Waals surface area contributed by atoms with Crippen molar-refractivity contribution in [1.29, 1.82) is 0 Å². The Labute approximate surface area is 148 Å². The molecule has 108 valence electrons. The summed E-state index contributed by atoms with van der Waals surface area (Å²) in [4.78, 5) is 1.22. The van der Waals surface area contributed by atoms with E-state index in [0.29, 0.717) is 5.02 Å². The van der Waals surface area contributed by atoms with Gasteiger partial charge in [-0.1, -0.05) is 17.7 Å². The third-order valence-corrected chi connectivity index (χ3v) is 6.43. The smallest absolute Gasteiger partial charge is 0.106 e. The summed E-state index contributed by atoms with van der Waals surface area (Å²) in [6, 6.07) is 9.76. The van der Waals surface area contributed by atoms with Crippen molar-refractivity contribution in [3.05, 3.63) is 60.9 Å². The van der Waals surface area contributed by atoms with Crippen LogP contribution in [0.1, 0.15) is 4.88 Å². The molecule has 3 nitrogen and oxygen atoms in total. The van der Waals surface area contributed by atoms with Gasteiger partial charge in [-0.05, 0) is 56.1 Å². The predicted octanol–water partition coefficient (Wildman–Crippen LogP) is 5.72. The number of hydrogen-bond donors (Lipinski definition) is 1. The second-order valence-corrected chi connectivity index (χ2v) is 7.99. The first-order valence-electron chi connectivity index (χ1n) is 6.11. The van der Waals surface area contributed by atoms with E-state index in [1.807, 2.05) is 30.5 Å². The van der Waals surface area contributed by atoms with E-state index in [2.05, 4.69) is 48.3 Å². The number of aromatic nitrogens is 2. The van der Waals surface area contributed by atoms with E-state index in [4.69, 9.17) is 11.6 Å². The van der Waals surface area contributed by atoms with Gasteiger partial charge in [0.2, 0.25) is 0 Å². The Balaban J connectivity index is 1.87. The molecular weight excluding hydrogens is 438 g/mol. The molecule has 0 saturated carbocycles. The van der Waals surface area contributed by atoms with Crippen molar-refractivity contribution in [2.75, 3.05) is 5.32 Å². The van der Waals surface area contributed by atoms with E-state index < -0.39 is 0 Å². The Hall–Kier alpha value is -0.820. The molecule has 0 aliphatic carbocycles. The quantitative estimate of drug-likeness (QED) is 0.554. The van der Waals surface area contributed by atoms with E-state index in [0.717, 1.165) is 26.2 Å². The van der Waals surface area contributed by atoms with Gasteiger partial charge in [-0.2, -0.15) is 5.10 Å². The lowest BCUT2D eigenvalue weighted by Gasteiger charge is -2.13. The summed E-state index contributed by atoms with van der Waals surface area (Å²) in [5.74, 6) is 0. The van der Waals surface area contributed by atoms with Crippen LogP contribution in [0.2, 0.25) is 5.02 Å². The zero-order chi connectivity index (χ0) is 14.8. The Morgan fingerprint density at radius 1 is 1.29 bits per heavy atom. The fourth-order valence-electron chi connectivity index (χ4n) is 1.95. The van der Waals surface area contributed by atoms with Crippen LogP contribution in [0.15, 0.2) is 51.0 Å². The van der Waals surface area contributed by atoms with E-state index in [-0.39, 0.29) is 0 Å². The molecule has 7 heteroatoms. The first-order chi connectivity index (χ1) is 10.1. The number of thiophene rings is 1. The van der Waals surface area contributed by atoms with E-state index in [1.165, 1.54) is 4.88 Å². The lowest BCUT2D eigenvalue weighted by molar-refractivity contribution is 0.880. The van der Waals surface area contributed by atoms with E-state index >= 15 is 0 Å². The van der Waals surface area contributed by atoms with Crippen molar-refractivity contribution in [3.8, 4) is 5.69 Å². The molecule has 0 fully saturated rings. The third-order valence-electron chi connectivity index (χ3n) is 2.87. The van der Waals surface area contributed by atoms with Crippen molar-refractivity contribution in [3.63, 3.8) is 0 Å². The Bertz CT molecular complexity index is 736. The minimum atomic E-state index is 0.664. The lowest BCUT2D eigenvalue weighted by Crippen LogP contribution is -2.04. The number of nitrogens with one attached hydrogen (secondary N) is 1. The zero-order valence-corrected chi connectivity index (χ0v) is 15.4. The maximum Gasteiger partial charge on any atom is 0.106 e. The van der Waals surface area contributed by atoms with E-state index in [9.17, 15) is 0 Å². The maximum absolute atomic E-state index is 6.32. The highest BCUT2D eigenvalue weighted by Crippen LogP contribution is 2.33. The topological polar surface area (TPSA) is 29.9 Å². The highest BCUT2D eigenvalue weighted by Gasteiger charge is 2.10. The maximum atomic E-state index is 6.32. The highest BCUT2D eigenvalue weighted by atomic mass is 79.9. The van der Waals surface area contributed by atoms with Gasteiger partial charge in [0.1, 0.15) is 5.69 Å². The average Bonchev–Trinajstić information content (AvgIpc) is 3.07. The Morgan fingerprint density at radius 2 is 2.14 bits per heavy atom. The first-order valence-corrected chi connectivity index (χ1v) is 8.89. The second-order valence-electron chi connectivity index (χ2n) is 4.27. The lowest BCUT2D eigenvalue weighted by atomic mass is 10.2. The predicted molar refractivity (Wildman–Crippen MR) is 95.6 cm³/mol. The molecule has 0 spiro atoms. The molecule has 0 atom stereocenters. The molecule has 0 saturated heterocycles. The highest BCUT2D eigenvalue weighted by molar-refractivity contribution is 9.13. The summed E-state index contributed by atoms with van der Waals surface area (Å²) in [6.07, 6.45) is 3.62. The summed E-state index contributed by atoms with van der Waals surface area (Å²) in [7, 11) is 0. The summed E-state index contributed by atoms with van der Waals surface area (Å²) < 4.78 is 3.94. The van der Waals surface area contributed by atoms with Crippen LogP contribution in [0.3, 0.4) is 0 Å². The van der Waals surface area contributed by atoms with Crippen LogP contribution in [-0.2, 0) is 6.54 Å². The van der Waals surface area contributed by atoms with Crippen LogP contribution < -0.4 is 5.32 Å². The van der Waals surface area contributed by atoms with Gasteiger partial charge >= 0.3 is 0 Å². The summed E-state index contributed by atoms with van der Waals surface area (Å²) in [5, 5.41) is 8.35. The number of rotatable bonds is 4. The minimum absolute atomic E-state index is 0.664. The molecule has 0 radical (unpaired) electrons. The molecule has 3 rings (SSSR count). The van der Waals surface area contributed by atoms with Gasteiger partial charge in [0, 0.05) is 28.3 Å². The fourth-order valence-corrected chi connectivity index (χ4v) is 4.33. The molecular formula is C14H10Br2ClN3S. The molecule has 1 N–H and O–H groups in total. The summed E-state index contributed by atoms with van der Waals surface area (Å²) >= 11 is 15.0. The number of benzene rings is 1. The van der Waals surface area contributed by atoms with E-state index in [1.54, 1.807) is 22.2 Å². The first kappa shape index (κ1) is 15.1. The molecule has 0 bridgehead atoms. The molecule has 2 aromatic heterocycles. The van der Waals surface area contributed by atoms with Gasteiger partial charge < -0.3 is 5.32 Å². The van der Waals surface area contributed by atoms with Gasteiger partial charge in [0.05, 0.1) is 14.5 Å². The summed E-state index contributed by atoms with van der Waals surface area (Å²) in [5.41, 5.74) is 1.81. The third kappa shape index (κ3) is 3.34. The van der Waals surface area contributed by atoms with Gasteiger partial charge in [0.15, 0.2) is 0 Å². The standard InChI is InChI=1S/C14H10Br2ClN3S/c15-10-7-9(21-14(10)16)8-18-12-4-1-3-11(17)13(12)20-6-2-5-19-20/h1-7,18H,8H2. The SMILES string of the molecule is Clc1cccc(NCc2cc(Br)c(Br)s2)c1-n1cccn1. The molecule has 3 aromatic rings. The molecule has 0 unspecified atom stereocenters. The van der Waals surface area contributed by atoms with Gasteiger partial charge in [-0.15, -0.1) is 11.3 Å². The number of nitrogens with zero attached hydrogens (tertiary/aromatic N) is 2. The van der Waals surface area contributed by atoms with Crippen molar-refractivity contribution in [2.24, 2.45) is 0 Å². The monoisotopic (exact) mass is 445 g/mol. The van der Waals surface area contributed by atoms with Crippen molar-refractivity contribution >= 4 is 60.5 Å². The molecule has 1 aromatic carbocycles. The Kier molecular flexibility index (Phi) is 4.69. The number of halogens is 3. The van der Waals surface area contributed by atoms with Crippen molar-refractivity contribution < 1.29 is 0 Å². The fraction of sp³-hybridized carbons (Fsp3) is 0.0714. The normalized spacial score (nSPS) is 10.8. The zero-order valence-electron chi connectivity index (χ0n) is 10.7. The van der Waals surface area contributed by atoms with Gasteiger partial charge in [-0.25, -0.2) is 4.68 Å². The summed E-state index contributed by atoms with van der Waals surface area (Å²) in [6.45, 7) is 0.726. The van der Waals surface area contributed by atoms with Crippen LogP contribution in [0.5, 0.6) is 0 Å². The van der Waals surface area contributed by atoms with Crippen molar-refractivity contribution in [2.45, 2.75) is 6.54 Å². The van der Waals surface area contributed by atoms with Crippen LogP contribution >= 0.6 is 54.8 Å². The van der Waals surface area contributed by atoms with Crippen molar-refractivity contribution in [1.82, 2.24) is 9.78 Å². The van der Waals surface area contributed by atoms with Crippen LogP contribution in [0.4, 0.5) is 5.69 Å². The number of para-hydroxylation sites is 1. The molecule has 2 heterocycles. The van der Waals surface area contributed by atoms with Gasteiger partial charge in [-0.3, -0.25) is 0 Å². The number of hydrogen-bond acceptors (Lipinski definition) is 3. The molecule has 21 heavy (non-hydrogen) atoms. The Morgan fingerprint density at radius 3 is 2.81 bits per heavy atom. The minimum Gasteiger partial charge on any atom is -0.378 e. The average molecular weight is 448 g/mol. The molecule has 0 aliphatic rings. The largest absolute Gasteiger partial charge is 0.378 e. The van der Waals surface area contributed by atoms with Gasteiger partial charge in [0.25, 0.3) is 0 Å². The van der Waals surface area contributed by atoms with Crippen LogP contribution in [0.25, 0.3) is 5.69 Å². The van der Waals surface area contributed by atoms with Crippen LogP contribution in [0, 0.1) is 0 Å². The molecule has 0 amide bonds. The second kappa shape index (κ2) is 6.52. The molecule has 0 aliphatic heterocycles. The van der Waals surface area contributed by atoms with Crippen LogP contribution in [-0.4, -0.2) is 9.78 Å².